The Kier molecular flexibility index (Phi) is 6.41. The molecule has 0 atom stereocenters. The van der Waals surface area contributed by atoms with Crippen LogP contribution in [0.2, 0.25) is 0 Å². The Labute approximate surface area is 154 Å². The molecule has 25 heavy (non-hydrogen) atoms. The largest absolute Gasteiger partial charge is 0.495 e. The van der Waals surface area contributed by atoms with Crippen molar-refractivity contribution in [3.63, 3.8) is 0 Å². The predicted octanol–water partition coefficient (Wildman–Crippen LogP) is 3.18. The SMILES string of the molecule is COc1ccc(C(=O)N(C)C)cc1NC(=O)COc1ccc(Br)cc1. The number of amides is 2. The summed E-state index contributed by atoms with van der Waals surface area (Å²) in [7, 11) is 4.82. The Morgan fingerprint density at radius 2 is 1.80 bits per heavy atom. The quantitative estimate of drug-likeness (QED) is 0.799. The van der Waals surface area contributed by atoms with Crippen molar-refractivity contribution in [1.29, 1.82) is 0 Å². The summed E-state index contributed by atoms with van der Waals surface area (Å²) < 4.78 is 11.6. The monoisotopic (exact) mass is 406 g/mol. The van der Waals surface area contributed by atoms with Crippen LogP contribution in [0.3, 0.4) is 0 Å². The third-order valence-electron chi connectivity index (χ3n) is 3.31. The number of hydrogen-bond acceptors (Lipinski definition) is 4. The average Bonchev–Trinajstić information content (AvgIpc) is 2.60. The third-order valence-corrected chi connectivity index (χ3v) is 3.84. The molecule has 0 saturated heterocycles. The van der Waals surface area contributed by atoms with Crippen molar-refractivity contribution in [2.24, 2.45) is 0 Å². The van der Waals surface area contributed by atoms with Crippen LogP contribution in [0.4, 0.5) is 5.69 Å². The first-order valence-electron chi connectivity index (χ1n) is 7.48. The van der Waals surface area contributed by atoms with Crippen LogP contribution in [-0.2, 0) is 4.79 Å². The van der Waals surface area contributed by atoms with Gasteiger partial charge in [0.15, 0.2) is 6.61 Å². The summed E-state index contributed by atoms with van der Waals surface area (Å²) >= 11 is 3.33. The lowest BCUT2D eigenvalue weighted by Crippen LogP contribution is -2.23. The van der Waals surface area contributed by atoms with Crippen molar-refractivity contribution in [3.05, 3.63) is 52.5 Å². The van der Waals surface area contributed by atoms with Gasteiger partial charge in [0.1, 0.15) is 11.5 Å². The highest BCUT2D eigenvalue weighted by Crippen LogP contribution is 2.26. The maximum absolute atomic E-state index is 12.1. The summed E-state index contributed by atoms with van der Waals surface area (Å²) in [5, 5.41) is 2.71. The van der Waals surface area contributed by atoms with Gasteiger partial charge in [0.2, 0.25) is 0 Å². The first-order chi connectivity index (χ1) is 11.9. The highest BCUT2D eigenvalue weighted by molar-refractivity contribution is 9.10. The number of carbonyl (C=O) groups is 2. The van der Waals surface area contributed by atoms with Crippen LogP contribution in [0.25, 0.3) is 0 Å². The fourth-order valence-electron chi connectivity index (χ4n) is 2.06. The summed E-state index contributed by atoms with van der Waals surface area (Å²) in [4.78, 5) is 25.7. The van der Waals surface area contributed by atoms with E-state index >= 15 is 0 Å². The molecule has 7 heteroatoms. The van der Waals surface area contributed by atoms with Crippen LogP contribution in [0.5, 0.6) is 11.5 Å². The molecule has 0 saturated carbocycles. The average molecular weight is 407 g/mol. The molecule has 2 aromatic carbocycles. The summed E-state index contributed by atoms with van der Waals surface area (Å²) in [5.41, 5.74) is 0.870. The van der Waals surface area contributed by atoms with Gasteiger partial charge >= 0.3 is 0 Å². The second-order valence-corrected chi connectivity index (χ2v) is 6.32. The van der Waals surface area contributed by atoms with Crippen molar-refractivity contribution in [2.45, 2.75) is 0 Å². The first-order valence-corrected chi connectivity index (χ1v) is 8.28. The number of methoxy groups -OCH3 is 1. The molecule has 2 amide bonds. The number of anilines is 1. The Bertz CT molecular complexity index is 760. The molecule has 6 nitrogen and oxygen atoms in total. The van der Waals surface area contributed by atoms with Crippen LogP contribution in [0, 0.1) is 0 Å². The van der Waals surface area contributed by atoms with Crippen molar-refractivity contribution in [1.82, 2.24) is 4.90 Å². The van der Waals surface area contributed by atoms with Crippen LogP contribution in [0.1, 0.15) is 10.4 Å². The van der Waals surface area contributed by atoms with E-state index in [2.05, 4.69) is 21.2 Å². The van der Waals surface area contributed by atoms with E-state index in [0.717, 1.165) is 4.47 Å². The fraction of sp³-hybridized carbons (Fsp3) is 0.222. The number of rotatable bonds is 6. The van der Waals surface area contributed by atoms with Gasteiger partial charge in [0, 0.05) is 24.1 Å². The number of hydrogen-bond donors (Lipinski definition) is 1. The zero-order valence-electron chi connectivity index (χ0n) is 14.2. The number of ether oxygens (including phenoxy) is 2. The molecule has 0 aliphatic rings. The summed E-state index contributed by atoms with van der Waals surface area (Å²) in [6.45, 7) is -0.156. The number of benzene rings is 2. The van der Waals surface area contributed by atoms with E-state index in [1.54, 1.807) is 44.4 Å². The molecule has 132 valence electrons. The highest BCUT2D eigenvalue weighted by atomic mass is 79.9. The van der Waals surface area contributed by atoms with E-state index in [1.807, 2.05) is 12.1 Å². The van der Waals surface area contributed by atoms with Gasteiger partial charge in [-0.05, 0) is 42.5 Å². The van der Waals surface area contributed by atoms with E-state index in [-0.39, 0.29) is 18.4 Å². The molecule has 0 fully saturated rings. The standard InChI is InChI=1S/C18H19BrN2O4/c1-21(2)18(23)12-4-9-16(24-3)15(10-12)20-17(22)11-25-14-7-5-13(19)6-8-14/h4-10H,11H2,1-3H3,(H,20,22). The van der Waals surface area contributed by atoms with Crippen molar-refractivity contribution in [2.75, 3.05) is 33.1 Å². The molecule has 0 bridgehead atoms. The number of nitrogens with zero attached hydrogens (tertiary/aromatic N) is 1. The Hall–Kier alpha value is -2.54. The fourth-order valence-corrected chi connectivity index (χ4v) is 2.33. The second kappa shape index (κ2) is 8.53. The summed E-state index contributed by atoms with van der Waals surface area (Å²) in [6, 6.07) is 12.0. The van der Waals surface area contributed by atoms with Gasteiger partial charge in [-0.3, -0.25) is 9.59 Å². The van der Waals surface area contributed by atoms with Crippen LogP contribution in [0.15, 0.2) is 46.9 Å². The molecule has 0 aliphatic carbocycles. The third kappa shape index (κ3) is 5.22. The van der Waals surface area contributed by atoms with Gasteiger partial charge in [-0.25, -0.2) is 0 Å². The van der Waals surface area contributed by atoms with Crippen molar-refractivity contribution in [3.8, 4) is 11.5 Å². The minimum Gasteiger partial charge on any atom is -0.495 e. The molecule has 1 N–H and O–H groups in total. The molecule has 2 aromatic rings. The van der Waals surface area contributed by atoms with Crippen molar-refractivity contribution < 1.29 is 19.1 Å². The maximum Gasteiger partial charge on any atom is 0.262 e. The lowest BCUT2D eigenvalue weighted by atomic mass is 10.1. The van der Waals surface area contributed by atoms with Gasteiger partial charge in [-0.15, -0.1) is 0 Å². The van der Waals surface area contributed by atoms with Gasteiger partial charge in [-0.1, -0.05) is 15.9 Å². The predicted molar refractivity (Wildman–Crippen MR) is 99.3 cm³/mol. The lowest BCUT2D eigenvalue weighted by Gasteiger charge is -2.14. The maximum atomic E-state index is 12.1. The van der Waals surface area contributed by atoms with Crippen LogP contribution < -0.4 is 14.8 Å². The Morgan fingerprint density at radius 3 is 2.40 bits per heavy atom. The van der Waals surface area contributed by atoms with E-state index in [0.29, 0.717) is 22.7 Å². The van der Waals surface area contributed by atoms with E-state index in [1.165, 1.54) is 12.0 Å². The van der Waals surface area contributed by atoms with Crippen LogP contribution >= 0.6 is 15.9 Å². The number of carbonyl (C=O) groups excluding carboxylic acids is 2. The Balaban J connectivity index is 2.06. The Morgan fingerprint density at radius 1 is 1.12 bits per heavy atom. The lowest BCUT2D eigenvalue weighted by molar-refractivity contribution is -0.118. The molecule has 2 rings (SSSR count). The molecular weight excluding hydrogens is 388 g/mol. The van der Waals surface area contributed by atoms with Gasteiger partial charge in [0.25, 0.3) is 11.8 Å². The number of nitrogens with one attached hydrogen (secondary N) is 1. The smallest absolute Gasteiger partial charge is 0.262 e. The summed E-state index contributed by atoms with van der Waals surface area (Å²) in [6.07, 6.45) is 0. The number of halogens is 1. The molecular formula is C18H19BrN2O4. The van der Waals surface area contributed by atoms with Crippen molar-refractivity contribution >= 4 is 33.4 Å². The van der Waals surface area contributed by atoms with Gasteiger partial charge in [-0.2, -0.15) is 0 Å². The van der Waals surface area contributed by atoms with Gasteiger partial charge < -0.3 is 19.7 Å². The normalized spacial score (nSPS) is 10.1. The minimum atomic E-state index is -0.351. The highest BCUT2D eigenvalue weighted by Gasteiger charge is 2.14. The molecule has 0 spiro atoms. The van der Waals surface area contributed by atoms with E-state index in [4.69, 9.17) is 9.47 Å². The molecule has 0 radical (unpaired) electrons. The molecule has 0 heterocycles. The minimum absolute atomic E-state index is 0.156. The summed E-state index contributed by atoms with van der Waals surface area (Å²) in [5.74, 6) is 0.536. The van der Waals surface area contributed by atoms with Crippen LogP contribution in [-0.4, -0.2) is 44.5 Å². The zero-order chi connectivity index (χ0) is 18.4. The van der Waals surface area contributed by atoms with Gasteiger partial charge in [0.05, 0.1) is 12.8 Å². The first kappa shape index (κ1) is 18.8. The molecule has 0 aliphatic heterocycles. The molecule has 0 unspecified atom stereocenters. The zero-order valence-corrected chi connectivity index (χ0v) is 15.8. The topological polar surface area (TPSA) is 67.9 Å². The van der Waals surface area contributed by atoms with E-state index < -0.39 is 0 Å². The second-order valence-electron chi connectivity index (χ2n) is 5.41. The molecule has 0 aromatic heterocycles. The van der Waals surface area contributed by atoms with E-state index in [9.17, 15) is 9.59 Å².